The number of benzene rings is 2. The Bertz CT molecular complexity index is 1350. The SMILES string of the molecule is COc1cc(N=C2CCC/C=C(/C)C(n3ccc(CN4CC(O)C4)c3)=N2)cc(OC)c1OCc1ccccc1. The van der Waals surface area contributed by atoms with Gasteiger partial charge in [-0.05, 0) is 42.5 Å². The van der Waals surface area contributed by atoms with Gasteiger partial charge in [0.05, 0.1) is 26.0 Å². The van der Waals surface area contributed by atoms with E-state index < -0.39 is 0 Å². The number of hydrogen-bond acceptors (Lipinski definition) is 6. The normalized spacial score (nSPS) is 18.9. The highest BCUT2D eigenvalue weighted by Crippen LogP contribution is 2.41. The third kappa shape index (κ3) is 6.58. The average Bonchev–Trinajstić information content (AvgIpc) is 3.39. The molecule has 3 aromatic rings. The van der Waals surface area contributed by atoms with E-state index in [1.807, 2.05) is 48.7 Å². The maximum absolute atomic E-state index is 9.59. The Labute approximate surface area is 229 Å². The number of aliphatic hydroxyl groups excluding tert-OH is 1. The van der Waals surface area contributed by atoms with Gasteiger partial charge in [0.25, 0.3) is 0 Å². The molecule has 0 amide bonds. The van der Waals surface area contributed by atoms with Crippen LogP contribution < -0.4 is 14.2 Å². The molecule has 1 saturated heterocycles. The summed E-state index contributed by atoms with van der Waals surface area (Å²) in [7, 11) is 3.23. The van der Waals surface area contributed by atoms with Crippen molar-refractivity contribution in [2.24, 2.45) is 9.98 Å². The molecule has 0 radical (unpaired) electrons. The van der Waals surface area contributed by atoms with Gasteiger partial charge >= 0.3 is 0 Å². The first kappa shape index (κ1) is 26.7. The number of likely N-dealkylation sites (tertiary alicyclic amines) is 1. The monoisotopic (exact) mass is 528 g/mol. The molecule has 3 heterocycles. The Balaban J connectivity index is 1.42. The Morgan fingerprint density at radius 3 is 2.46 bits per heavy atom. The summed E-state index contributed by atoms with van der Waals surface area (Å²) in [5.74, 6) is 3.28. The van der Waals surface area contributed by atoms with Crippen molar-refractivity contribution in [3.05, 3.63) is 83.7 Å². The van der Waals surface area contributed by atoms with E-state index in [-0.39, 0.29) is 6.10 Å². The Morgan fingerprint density at radius 1 is 1.03 bits per heavy atom. The topological polar surface area (TPSA) is 80.8 Å². The van der Waals surface area contributed by atoms with Gasteiger partial charge in [0.2, 0.25) is 5.75 Å². The zero-order valence-corrected chi connectivity index (χ0v) is 22.8. The van der Waals surface area contributed by atoms with Gasteiger partial charge < -0.3 is 23.9 Å². The lowest BCUT2D eigenvalue weighted by molar-refractivity contribution is -0.00285. The van der Waals surface area contributed by atoms with Crippen molar-refractivity contribution in [2.75, 3.05) is 27.3 Å². The third-order valence-electron chi connectivity index (χ3n) is 6.91. The maximum Gasteiger partial charge on any atom is 0.204 e. The lowest BCUT2D eigenvalue weighted by atomic mass is 10.1. The average molecular weight is 529 g/mol. The molecule has 0 unspecified atom stereocenters. The molecular formula is C31H36N4O4. The van der Waals surface area contributed by atoms with E-state index in [2.05, 4.69) is 34.7 Å². The number of β-amino-alcohol motifs (C(OH)–C–C–N with tert-alkyl or cyclic N) is 1. The summed E-state index contributed by atoms with van der Waals surface area (Å²) in [6.45, 7) is 4.77. The zero-order valence-electron chi connectivity index (χ0n) is 22.8. The van der Waals surface area contributed by atoms with E-state index >= 15 is 0 Å². The van der Waals surface area contributed by atoms with Gasteiger partial charge in [0.15, 0.2) is 11.5 Å². The van der Waals surface area contributed by atoms with Crippen LogP contribution in [0.4, 0.5) is 5.69 Å². The number of amidine groups is 1. The first-order valence-electron chi connectivity index (χ1n) is 13.4. The Hall–Kier alpha value is -3.88. The van der Waals surface area contributed by atoms with Gasteiger partial charge in [-0.1, -0.05) is 36.4 Å². The van der Waals surface area contributed by atoms with E-state index in [1.54, 1.807) is 14.2 Å². The molecule has 0 aliphatic carbocycles. The minimum atomic E-state index is -0.201. The molecule has 2 aliphatic heterocycles. The van der Waals surface area contributed by atoms with Gasteiger partial charge in [-0.2, -0.15) is 0 Å². The molecule has 0 bridgehead atoms. The van der Waals surface area contributed by atoms with Crippen LogP contribution >= 0.6 is 0 Å². The zero-order chi connectivity index (χ0) is 27.2. The van der Waals surface area contributed by atoms with Crippen molar-refractivity contribution in [3.8, 4) is 17.2 Å². The fraction of sp³-hybridized carbons (Fsp3) is 0.355. The molecule has 8 nitrogen and oxygen atoms in total. The standard InChI is InChI=1S/C31H36N4O4/c1-22-9-7-8-12-29(33-31(22)35-14-13-24(18-35)17-34-19-26(36)20-34)32-25-15-27(37-2)30(28(16-25)38-3)39-21-23-10-5-4-6-11-23/h4-6,9-11,13-16,18,26,36H,7-8,12,17,19-21H2,1-3H3/b22-9-,32-29?,33-31?. The Morgan fingerprint density at radius 2 is 1.77 bits per heavy atom. The van der Waals surface area contributed by atoms with Crippen molar-refractivity contribution in [2.45, 2.75) is 45.4 Å². The molecule has 0 saturated carbocycles. The fourth-order valence-electron chi connectivity index (χ4n) is 4.83. The van der Waals surface area contributed by atoms with Crippen LogP contribution in [0.5, 0.6) is 17.2 Å². The van der Waals surface area contributed by atoms with Crippen LogP contribution in [0.25, 0.3) is 0 Å². The highest BCUT2D eigenvalue weighted by Gasteiger charge is 2.24. The smallest absolute Gasteiger partial charge is 0.204 e. The van der Waals surface area contributed by atoms with Gasteiger partial charge in [0.1, 0.15) is 18.3 Å². The molecule has 0 spiro atoms. The number of aromatic nitrogens is 1. The predicted octanol–water partition coefficient (Wildman–Crippen LogP) is 5.37. The summed E-state index contributed by atoms with van der Waals surface area (Å²) in [4.78, 5) is 12.2. The van der Waals surface area contributed by atoms with Crippen molar-refractivity contribution in [3.63, 3.8) is 0 Å². The fourth-order valence-corrected chi connectivity index (χ4v) is 4.83. The molecule has 2 aromatic carbocycles. The first-order valence-corrected chi connectivity index (χ1v) is 13.4. The summed E-state index contributed by atoms with van der Waals surface area (Å²) in [6, 6.07) is 15.8. The number of allylic oxidation sites excluding steroid dienone is 2. The molecule has 39 heavy (non-hydrogen) atoms. The van der Waals surface area contributed by atoms with E-state index in [4.69, 9.17) is 24.2 Å². The molecular weight excluding hydrogens is 492 g/mol. The number of nitrogens with zero attached hydrogens (tertiary/aromatic N) is 4. The van der Waals surface area contributed by atoms with Crippen LogP contribution in [0.1, 0.15) is 37.3 Å². The quantitative estimate of drug-likeness (QED) is 0.425. The minimum Gasteiger partial charge on any atom is -0.493 e. The van der Waals surface area contributed by atoms with Crippen LogP contribution in [-0.2, 0) is 13.2 Å². The number of aliphatic imine (C=N–C) groups is 2. The predicted molar refractivity (Wildman–Crippen MR) is 154 cm³/mol. The van der Waals surface area contributed by atoms with Gasteiger partial charge in [-0.15, -0.1) is 0 Å². The van der Waals surface area contributed by atoms with Gasteiger partial charge in [-0.3, -0.25) is 4.90 Å². The van der Waals surface area contributed by atoms with E-state index in [9.17, 15) is 5.11 Å². The van der Waals surface area contributed by atoms with Crippen LogP contribution in [0.3, 0.4) is 0 Å². The highest BCUT2D eigenvalue weighted by molar-refractivity contribution is 6.07. The number of aliphatic hydroxyl groups is 1. The summed E-state index contributed by atoms with van der Waals surface area (Å²) in [5.41, 5.74) is 4.06. The second kappa shape index (κ2) is 12.3. The molecule has 1 N–H and O–H groups in total. The first-order chi connectivity index (χ1) is 19.0. The second-order valence-electron chi connectivity index (χ2n) is 9.97. The molecule has 8 heteroatoms. The van der Waals surface area contributed by atoms with E-state index in [1.165, 1.54) is 5.56 Å². The van der Waals surface area contributed by atoms with Crippen LogP contribution in [-0.4, -0.2) is 59.7 Å². The van der Waals surface area contributed by atoms with Crippen molar-refractivity contribution in [1.29, 1.82) is 0 Å². The molecule has 5 rings (SSSR count). The molecule has 2 aliphatic rings. The third-order valence-corrected chi connectivity index (χ3v) is 6.91. The van der Waals surface area contributed by atoms with Crippen molar-refractivity contribution in [1.82, 2.24) is 9.47 Å². The summed E-state index contributed by atoms with van der Waals surface area (Å²) >= 11 is 0. The van der Waals surface area contributed by atoms with E-state index in [0.29, 0.717) is 29.5 Å². The highest BCUT2D eigenvalue weighted by atomic mass is 16.5. The lowest BCUT2D eigenvalue weighted by Gasteiger charge is -2.35. The van der Waals surface area contributed by atoms with Gasteiger partial charge in [-0.25, -0.2) is 9.98 Å². The number of methoxy groups -OCH3 is 2. The summed E-state index contributed by atoms with van der Waals surface area (Å²) in [5, 5.41) is 9.59. The number of rotatable bonds is 8. The summed E-state index contributed by atoms with van der Waals surface area (Å²) < 4.78 is 19.5. The Kier molecular flexibility index (Phi) is 8.44. The van der Waals surface area contributed by atoms with Gasteiger partial charge in [0, 0.05) is 50.6 Å². The molecule has 0 atom stereocenters. The van der Waals surface area contributed by atoms with Crippen molar-refractivity contribution < 1.29 is 19.3 Å². The largest absolute Gasteiger partial charge is 0.493 e. The van der Waals surface area contributed by atoms with E-state index in [0.717, 1.165) is 61.7 Å². The van der Waals surface area contributed by atoms with Crippen LogP contribution in [0, 0.1) is 0 Å². The second-order valence-corrected chi connectivity index (χ2v) is 9.97. The minimum absolute atomic E-state index is 0.201. The molecule has 1 fully saturated rings. The molecule has 204 valence electrons. The maximum atomic E-state index is 9.59. The van der Waals surface area contributed by atoms with Crippen molar-refractivity contribution >= 4 is 17.4 Å². The number of hydrogen-bond donors (Lipinski definition) is 1. The lowest BCUT2D eigenvalue weighted by Crippen LogP contribution is -2.49. The number of ether oxygens (including phenoxy) is 3. The van der Waals surface area contributed by atoms with Crippen LogP contribution in [0.15, 0.2) is 82.6 Å². The van der Waals surface area contributed by atoms with Crippen LogP contribution in [0.2, 0.25) is 0 Å². The molecule has 1 aromatic heterocycles. The summed E-state index contributed by atoms with van der Waals surface area (Å²) in [6.07, 6.45) is 8.89.